The molecule has 1 amide bonds. The van der Waals surface area contributed by atoms with E-state index in [2.05, 4.69) is 6.07 Å². The van der Waals surface area contributed by atoms with Crippen molar-refractivity contribution in [3.63, 3.8) is 0 Å². The Morgan fingerprint density at radius 3 is 2.29 bits per heavy atom. The van der Waals surface area contributed by atoms with E-state index in [0.717, 1.165) is 25.7 Å². The second kappa shape index (κ2) is 4.00. The van der Waals surface area contributed by atoms with Gasteiger partial charge in [0.2, 0.25) is 5.91 Å². The average Bonchev–Trinajstić information content (AvgIpc) is 2.64. The Morgan fingerprint density at radius 1 is 1.43 bits per heavy atom. The second-order valence-electron chi connectivity index (χ2n) is 4.40. The van der Waals surface area contributed by atoms with E-state index in [1.54, 1.807) is 11.9 Å². The van der Waals surface area contributed by atoms with Crippen molar-refractivity contribution in [1.82, 2.24) is 4.90 Å². The van der Waals surface area contributed by atoms with Crippen LogP contribution in [0.25, 0.3) is 0 Å². The zero-order valence-electron chi connectivity index (χ0n) is 9.21. The van der Waals surface area contributed by atoms with E-state index in [1.807, 2.05) is 13.8 Å². The molecule has 1 aliphatic carbocycles. The van der Waals surface area contributed by atoms with Gasteiger partial charge in [0.1, 0.15) is 5.54 Å². The van der Waals surface area contributed by atoms with Gasteiger partial charge in [-0.3, -0.25) is 4.79 Å². The molecule has 0 aliphatic heterocycles. The first kappa shape index (κ1) is 11.0. The zero-order valence-corrected chi connectivity index (χ0v) is 9.21. The smallest absolute Gasteiger partial charge is 0.226 e. The molecule has 0 heterocycles. The van der Waals surface area contributed by atoms with Gasteiger partial charge < -0.3 is 4.90 Å². The Hall–Kier alpha value is -1.04. The van der Waals surface area contributed by atoms with Crippen molar-refractivity contribution in [1.29, 1.82) is 5.26 Å². The fraction of sp³-hybridized carbons (Fsp3) is 0.818. The van der Waals surface area contributed by atoms with Crippen molar-refractivity contribution in [3.05, 3.63) is 0 Å². The summed E-state index contributed by atoms with van der Waals surface area (Å²) in [6, 6.07) is 2.32. The third kappa shape index (κ3) is 1.75. The van der Waals surface area contributed by atoms with E-state index in [0.29, 0.717) is 0 Å². The molecule has 1 saturated carbocycles. The van der Waals surface area contributed by atoms with E-state index in [-0.39, 0.29) is 11.8 Å². The van der Waals surface area contributed by atoms with Gasteiger partial charge in [0.15, 0.2) is 0 Å². The maximum atomic E-state index is 11.8. The molecule has 0 aromatic rings. The first-order valence-corrected chi connectivity index (χ1v) is 5.22. The third-order valence-electron chi connectivity index (χ3n) is 3.11. The molecule has 0 radical (unpaired) electrons. The van der Waals surface area contributed by atoms with Crippen molar-refractivity contribution < 1.29 is 4.79 Å². The summed E-state index contributed by atoms with van der Waals surface area (Å²) in [5.41, 5.74) is -0.513. The minimum absolute atomic E-state index is 0.0224. The fourth-order valence-corrected chi connectivity index (χ4v) is 2.08. The maximum Gasteiger partial charge on any atom is 0.226 e. The summed E-state index contributed by atoms with van der Waals surface area (Å²) < 4.78 is 0. The molecule has 0 saturated heterocycles. The minimum atomic E-state index is -0.513. The molecule has 78 valence electrons. The summed E-state index contributed by atoms with van der Waals surface area (Å²) in [7, 11) is 1.76. The Kier molecular flexibility index (Phi) is 3.15. The fourth-order valence-electron chi connectivity index (χ4n) is 2.08. The zero-order chi connectivity index (χ0) is 10.8. The Labute approximate surface area is 85.7 Å². The van der Waals surface area contributed by atoms with E-state index in [9.17, 15) is 10.1 Å². The summed E-state index contributed by atoms with van der Waals surface area (Å²) in [6.07, 6.45) is 3.78. The van der Waals surface area contributed by atoms with Crippen LogP contribution in [-0.4, -0.2) is 23.4 Å². The van der Waals surface area contributed by atoms with Crippen LogP contribution in [0.1, 0.15) is 39.5 Å². The Balaban J connectivity index is 2.81. The Bertz CT molecular complexity index is 259. The number of hydrogen-bond donors (Lipinski definition) is 0. The van der Waals surface area contributed by atoms with Gasteiger partial charge in [-0.25, -0.2) is 0 Å². The molecule has 1 rings (SSSR count). The lowest BCUT2D eigenvalue weighted by Crippen LogP contribution is -2.48. The summed E-state index contributed by atoms with van der Waals surface area (Å²) in [4.78, 5) is 13.4. The summed E-state index contributed by atoms with van der Waals surface area (Å²) in [6.45, 7) is 3.75. The highest BCUT2D eigenvalue weighted by molar-refractivity contribution is 5.79. The van der Waals surface area contributed by atoms with Crippen LogP contribution >= 0.6 is 0 Å². The van der Waals surface area contributed by atoms with Crippen molar-refractivity contribution in [2.24, 2.45) is 5.92 Å². The molecule has 0 aromatic heterocycles. The number of carbonyl (C=O) groups is 1. The standard InChI is InChI=1S/C11H18N2O/c1-9(2)10(14)13(3)11(8-12)6-4-5-7-11/h9H,4-7H2,1-3H3. The van der Waals surface area contributed by atoms with E-state index in [4.69, 9.17) is 0 Å². The highest BCUT2D eigenvalue weighted by atomic mass is 16.2. The van der Waals surface area contributed by atoms with Crippen LogP contribution in [0.2, 0.25) is 0 Å². The molecule has 0 bridgehead atoms. The molecule has 0 spiro atoms. The van der Waals surface area contributed by atoms with Gasteiger partial charge in [-0.1, -0.05) is 13.8 Å². The monoisotopic (exact) mass is 194 g/mol. The van der Waals surface area contributed by atoms with Crippen molar-refractivity contribution in [2.75, 3.05) is 7.05 Å². The van der Waals surface area contributed by atoms with Crippen molar-refractivity contribution in [2.45, 2.75) is 45.1 Å². The van der Waals surface area contributed by atoms with Crippen molar-refractivity contribution >= 4 is 5.91 Å². The lowest BCUT2D eigenvalue weighted by Gasteiger charge is -2.33. The quantitative estimate of drug-likeness (QED) is 0.674. The van der Waals surface area contributed by atoms with Gasteiger partial charge in [0, 0.05) is 13.0 Å². The van der Waals surface area contributed by atoms with Crippen LogP contribution in [0.5, 0.6) is 0 Å². The van der Waals surface area contributed by atoms with Crippen molar-refractivity contribution in [3.8, 4) is 6.07 Å². The number of amides is 1. The summed E-state index contributed by atoms with van der Waals surface area (Å²) in [5.74, 6) is 0.0549. The average molecular weight is 194 g/mol. The summed E-state index contributed by atoms with van der Waals surface area (Å²) in [5, 5.41) is 9.17. The van der Waals surface area contributed by atoms with Crippen LogP contribution in [0.3, 0.4) is 0 Å². The summed E-state index contributed by atoms with van der Waals surface area (Å²) >= 11 is 0. The topological polar surface area (TPSA) is 44.1 Å². The van der Waals surface area contributed by atoms with Gasteiger partial charge in [-0.05, 0) is 25.7 Å². The third-order valence-corrected chi connectivity index (χ3v) is 3.11. The molecular formula is C11H18N2O. The number of nitriles is 1. The minimum Gasteiger partial charge on any atom is -0.327 e. The number of hydrogen-bond acceptors (Lipinski definition) is 2. The molecule has 1 aliphatic rings. The van der Waals surface area contributed by atoms with Crippen LogP contribution in [-0.2, 0) is 4.79 Å². The lowest BCUT2D eigenvalue weighted by molar-refractivity contribution is -0.137. The Morgan fingerprint density at radius 2 is 1.93 bits per heavy atom. The normalized spacial score (nSPS) is 19.4. The molecule has 3 nitrogen and oxygen atoms in total. The number of carbonyl (C=O) groups excluding carboxylic acids is 1. The van der Waals surface area contributed by atoms with E-state index >= 15 is 0 Å². The van der Waals surface area contributed by atoms with Crippen LogP contribution < -0.4 is 0 Å². The molecular weight excluding hydrogens is 176 g/mol. The van der Waals surface area contributed by atoms with E-state index in [1.165, 1.54) is 0 Å². The molecule has 14 heavy (non-hydrogen) atoms. The first-order chi connectivity index (χ1) is 6.53. The van der Waals surface area contributed by atoms with Gasteiger partial charge in [0.05, 0.1) is 6.07 Å². The van der Waals surface area contributed by atoms with Gasteiger partial charge in [0.25, 0.3) is 0 Å². The molecule has 0 aromatic carbocycles. The predicted molar refractivity (Wildman–Crippen MR) is 54.4 cm³/mol. The molecule has 0 atom stereocenters. The first-order valence-electron chi connectivity index (χ1n) is 5.22. The molecule has 3 heteroatoms. The second-order valence-corrected chi connectivity index (χ2v) is 4.40. The maximum absolute atomic E-state index is 11.8. The van der Waals surface area contributed by atoms with Crippen LogP contribution in [0.15, 0.2) is 0 Å². The van der Waals surface area contributed by atoms with Crippen LogP contribution in [0.4, 0.5) is 0 Å². The number of nitrogens with zero attached hydrogens (tertiary/aromatic N) is 2. The largest absolute Gasteiger partial charge is 0.327 e. The lowest BCUT2D eigenvalue weighted by atomic mass is 9.96. The number of rotatable bonds is 2. The molecule has 0 unspecified atom stereocenters. The van der Waals surface area contributed by atoms with Gasteiger partial charge in [-0.2, -0.15) is 5.26 Å². The van der Waals surface area contributed by atoms with Gasteiger partial charge in [-0.15, -0.1) is 0 Å². The van der Waals surface area contributed by atoms with Gasteiger partial charge >= 0.3 is 0 Å². The SMILES string of the molecule is CC(C)C(=O)N(C)C1(C#N)CCCC1. The highest BCUT2D eigenvalue weighted by Gasteiger charge is 2.40. The highest BCUT2D eigenvalue weighted by Crippen LogP contribution is 2.34. The predicted octanol–water partition coefficient (Wildman–Crippen LogP) is 1.94. The molecule has 0 N–H and O–H groups in total. The van der Waals surface area contributed by atoms with Crippen LogP contribution in [0, 0.1) is 17.2 Å². The molecule has 1 fully saturated rings. The van der Waals surface area contributed by atoms with E-state index < -0.39 is 5.54 Å².